The molecule has 1 saturated carbocycles. The molecule has 3 nitrogen and oxygen atoms in total. The highest BCUT2D eigenvalue weighted by Crippen LogP contribution is 2.41. The average molecular weight is 200 g/mol. The number of rotatable bonds is 7. The summed E-state index contributed by atoms with van der Waals surface area (Å²) >= 11 is 0. The molecule has 0 amide bonds. The van der Waals surface area contributed by atoms with Crippen molar-refractivity contribution >= 4 is 0 Å². The predicted octanol–water partition coefficient (Wildman–Crippen LogP) is 1.08. The van der Waals surface area contributed by atoms with Crippen LogP contribution in [0.25, 0.3) is 0 Å². The number of likely N-dealkylation sites (N-methyl/N-ethyl adjacent to an activating group) is 1. The lowest BCUT2D eigenvalue weighted by molar-refractivity contribution is 0.102. The lowest BCUT2D eigenvalue weighted by atomic mass is 9.94. The van der Waals surface area contributed by atoms with E-state index in [1.165, 1.54) is 12.8 Å². The number of ether oxygens (including phenoxy) is 1. The van der Waals surface area contributed by atoms with Gasteiger partial charge in [-0.15, -0.1) is 0 Å². The highest BCUT2D eigenvalue weighted by molar-refractivity contribution is 4.99. The van der Waals surface area contributed by atoms with Crippen molar-refractivity contribution in [3.8, 4) is 0 Å². The Morgan fingerprint density at radius 1 is 1.50 bits per heavy atom. The molecular weight excluding hydrogens is 176 g/mol. The fourth-order valence-electron chi connectivity index (χ4n) is 2.04. The first-order valence-electron chi connectivity index (χ1n) is 5.55. The van der Waals surface area contributed by atoms with Gasteiger partial charge in [-0.3, -0.25) is 4.90 Å². The molecule has 0 radical (unpaired) electrons. The monoisotopic (exact) mass is 200 g/mol. The summed E-state index contributed by atoms with van der Waals surface area (Å²) in [6.45, 7) is 4.98. The van der Waals surface area contributed by atoms with Gasteiger partial charge in [0.15, 0.2) is 0 Å². The maximum Gasteiger partial charge on any atom is 0.0474 e. The minimum atomic E-state index is 0.216. The Kier molecular flexibility index (Phi) is 4.35. The largest absolute Gasteiger partial charge is 0.385 e. The van der Waals surface area contributed by atoms with Gasteiger partial charge < -0.3 is 10.5 Å². The van der Waals surface area contributed by atoms with Crippen molar-refractivity contribution in [3.63, 3.8) is 0 Å². The van der Waals surface area contributed by atoms with Crippen LogP contribution in [-0.2, 0) is 4.74 Å². The smallest absolute Gasteiger partial charge is 0.0474 e. The van der Waals surface area contributed by atoms with E-state index in [4.69, 9.17) is 10.5 Å². The molecule has 1 rings (SSSR count). The van der Waals surface area contributed by atoms with Crippen LogP contribution in [0.5, 0.6) is 0 Å². The minimum Gasteiger partial charge on any atom is -0.385 e. The number of nitrogens with two attached hydrogens (primary N) is 1. The normalized spacial score (nSPS) is 21.2. The van der Waals surface area contributed by atoms with Crippen LogP contribution in [0.1, 0.15) is 26.2 Å². The molecule has 0 saturated heterocycles. The van der Waals surface area contributed by atoms with E-state index >= 15 is 0 Å². The van der Waals surface area contributed by atoms with Crippen molar-refractivity contribution in [1.29, 1.82) is 0 Å². The zero-order valence-corrected chi connectivity index (χ0v) is 9.75. The molecule has 1 fully saturated rings. The molecule has 1 unspecified atom stereocenters. The highest BCUT2D eigenvalue weighted by atomic mass is 16.5. The number of hydrogen-bond donors (Lipinski definition) is 1. The lowest BCUT2D eigenvalue weighted by Gasteiger charge is -2.38. The Labute approximate surface area is 87.6 Å². The molecule has 0 heterocycles. The van der Waals surface area contributed by atoms with Crippen molar-refractivity contribution in [3.05, 3.63) is 0 Å². The average Bonchev–Trinajstić information content (AvgIpc) is 3.00. The van der Waals surface area contributed by atoms with Gasteiger partial charge in [-0.1, -0.05) is 0 Å². The molecule has 0 aromatic rings. The SMILES string of the molecule is COCCCN(C)C(C)(CN)C1CC1. The van der Waals surface area contributed by atoms with Crippen LogP contribution in [0.4, 0.5) is 0 Å². The van der Waals surface area contributed by atoms with Gasteiger partial charge in [0.1, 0.15) is 0 Å². The molecule has 1 aliphatic rings. The van der Waals surface area contributed by atoms with E-state index in [9.17, 15) is 0 Å². The molecule has 2 N–H and O–H groups in total. The second-order valence-electron chi connectivity index (χ2n) is 4.60. The molecule has 1 atom stereocenters. The third-order valence-corrected chi connectivity index (χ3v) is 3.58. The van der Waals surface area contributed by atoms with Gasteiger partial charge in [0, 0.05) is 32.3 Å². The van der Waals surface area contributed by atoms with Crippen molar-refractivity contribution in [2.24, 2.45) is 11.7 Å². The van der Waals surface area contributed by atoms with Gasteiger partial charge in [0.2, 0.25) is 0 Å². The fraction of sp³-hybridized carbons (Fsp3) is 1.00. The fourth-order valence-corrected chi connectivity index (χ4v) is 2.04. The summed E-state index contributed by atoms with van der Waals surface area (Å²) in [5, 5.41) is 0. The number of nitrogens with zero attached hydrogens (tertiary/aromatic N) is 1. The summed E-state index contributed by atoms with van der Waals surface area (Å²) in [5.41, 5.74) is 6.10. The second kappa shape index (κ2) is 5.10. The maximum absolute atomic E-state index is 5.88. The summed E-state index contributed by atoms with van der Waals surface area (Å²) in [4.78, 5) is 2.41. The Balaban J connectivity index is 2.35. The summed E-state index contributed by atoms with van der Waals surface area (Å²) in [6.07, 6.45) is 3.79. The van der Waals surface area contributed by atoms with Crippen LogP contribution in [-0.4, -0.2) is 44.3 Å². The highest BCUT2D eigenvalue weighted by Gasteiger charge is 2.42. The Hall–Kier alpha value is -0.120. The summed E-state index contributed by atoms with van der Waals surface area (Å²) in [7, 11) is 3.93. The van der Waals surface area contributed by atoms with Gasteiger partial charge in [-0.25, -0.2) is 0 Å². The molecule has 0 aliphatic heterocycles. The van der Waals surface area contributed by atoms with Crippen LogP contribution in [0.15, 0.2) is 0 Å². The molecule has 0 spiro atoms. The van der Waals surface area contributed by atoms with E-state index in [1.54, 1.807) is 7.11 Å². The summed E-state index contributed by atoms with van der Waals surface area (Å²) < 4.78 is 5.06. The van der Waals surface area contributed by atoms with Gasteiger partial charge >= 0.3 is 0 Å². The van der Waals surface area contributed by atoms with Gasteiger partial charge in [-0.05, 0) is 39.2 Å². The lowest BCUT2D eigenvalue weighted by Crippen LogP contribution is -2.51. The second-order valence-corrected chi connectivity index (χ2v) is 4.60. The molecule has 84 valence electrons. The number of methoxy groups -OCH3 is 1. The van der Waals surface area contributed by atoms with Crippen LogP contribution >= 0.6 is 0 Å². The van der Waals surface area contributed by atoms with E-state index in [0.29, 0.717) is 0 Å². The first-order chi connectivity index (χ1) is 6.65. The first kappa shape index (κ1) is 12.0. The Morgan fingerprint density at radius 3 is 2.57 bits per heavy atom. The maximum atomic E-state index is 5.88. The zero-order chi connectivity index (χ0) is 10.6. The third kappa shape index (κ3) is 2.69. The van der Waals surface area contributed by atoms with Crippen LogP contribution in [0.3, 0.4) is 0 Å². The van der Waals surface area contributed by atoms with Crippen molar-refractivity contribution in [1.82, 2.24) is 4.90 Å². The van der Waals surface area contributed by atoms with Crippen LogP contribution < -0.4 is 5.73 Å². The van der Waals surface area contributed by atoms with E-state index < -0.39 is 0 Å². The minimum absolute atomic E-state index is 0.216. The van der Waals surface area contributed by atoms with Gasteiger partial charge in [0.25, 0.3) is 0 Å². The molecule has 14 heavy (non-hydrogen) atoms. The molecule has 3 heteroatoms. The molecule has 0 aromatic heterocycles. The van der Waals surface area contributed by atoms with E-state index in [2.05, 4.69) is 18.9 Å². The molecule has 0 bridgehead atoms. The molecule has 1 aliphatic carbocycles. The van der Waals surface area contributed by atoms with Crippen LogP contribution in [0.2, 0.25) is 0 Å². The third-order valence-electron chi connectivity index (χ3n) is 3.58. The summed E-state index contributed by atoms with van der Waals surface area (Å²) in [6, 6.07) is 0. The molecule has 0 aromatic carbocycles. The standard InChI is InChI=1S/C11H24N2O/c1-11(9-12,10-5-6-10)13(2)7-4-8-14-3/h10H,4-9,12H2,1-3H3. The summed E-state index contributed by atoms with van der Waals surface area (Å²) in [5.74, 6) is 0.819. The van der Waals surface area contributed by atoms with E-state index in [1.807, 2.05) is 0 Å². The topological polar surface area (TPSA) is 38.5 Å². The van der Waals surface area contributed by atoms with E-state index in [0.717, 1.165) is 32.0 Å². The quantitative estimate of drug-likeness (QED) is 0.625. The Morgan fingerprint density at radius 2 is 2.14 bits per heavy atom. The van der Waals surface area contributed by atoms with E-state index in [-0.39, 0.29) is 5.54 Å². The van der Waals surface area contributed by atoms with Gasteiger partial charge in [-0.2, -0.15) is 0 Å². The van der Waals surface area contributed by atoms with Crippen molar-refractivity contribution < 1.29 is 4.74 Å². The zero-order valence-electron chi connectivity index (χ0n) is 9.75. The van der Waals surface area contributed by atoms with Gasteiger partial charge in [0.05, 0.1) is 0 Å². The first-order valence-corrected chi connectivity index (χ1v) is 5.55. The Bertz CT molecular complexity index is 171. The molecular formula is C11H24N2O. The van der Waals surface area contributed by atoms with Crippen molar-refractivity contribution in [2.75, 3.05) is 33.9 Å². The number of hydrogen-bond acceptors (Lipinski definition) is 3. The van der Waals surface area contributed by atoms with Crippen molar-refractivity contribution in [2.45, 2.75) is 31.7 Å². The van der Waals surface area contributed by atoms with Crippen LogP contribution in [0, 0.1) is 5.92 Å². The predicted molar refractivity (Wildman–Crippen MR) is 59.3 cm³/mol.